The fraction of sp³-hybridized carbons (Fsp3) is 0.440. The topological polar surface area (TPSA) is 83.8 Å². The molecule has 34 heavy (non-hydrogen) atoms. The summed E-state index contributed by atoms with van der Waals surface area (Å²) in [5, 5.41) is 17.7. The Kier molecular flexibility index (Phi) is 10.4. The van der Waals surface area contributed by atoms with Crippen molar-refractivity contribution in [3.8, 4) is 5.75 Å². The molecule has 0 fully saturated rings. The first kappa shape index (κ1) is 27.7. The summed E-state index contributed by atoms with van der Waals surface area (Å²) in [6, 6.07) is 9.90. The van der Waals surface area contributed by atoms with Crippen molar-refractivity contribution in [2.75, 3.05) is 0 Å². The number of carboxylic acid groups (broad SMARTS) is 1. The Morgan fingerprint density at radius 3 is 2.29 bits per heavy atom. The summed E-state index contributed by atoms with van der Waals surface area (Å²) in [6.07, 6.45) is -2.68. The van der Waals surface area contributed by atoms with E-state index in [1.807, 2.05) is 0 Å². The number of hydrogen-bond donors (Lipinski definition) is 2. The van der Waals surface area contributed by atoms with Gasteiger partial charge in [-0.1, -0.05) is 62.1 Å². The van der Waals surface area contributed by atoms with Crippen molar-refractivity contribution in [1.29, 1.82) is 0 Å². The van der Waals surface area contributed by atoms with Crippen LogP contribution >= 0.6 is 11.6 Å². The van der Waals surface area contributed by atoms with Gasteiger partial charge < -0.3 is 14.9 Å². The van der Waals surface area contributed by atoms with Crippen LogP contribution in [0.1, 0.15) is 79.5 Å². The lowest BCUT2D eigenvalue weighted by atomic mass is 9.98. The molecule has 0 spiro atoms. The third-order valence-corrected chi connectivity index (χ3v) is 5.71. The number of halogens is 4. The molecule has 0 aliphatic heterocycles. The molecule has 186 valence electrons. The van der Waals surface area contributed by atoms with Crippen LogP contribution in [-0.2, 0) is 11.0 Å². The van der Waals surface area contributed by atoms with Crippen LogP contribution in [0.2, 0.25) is 5.02 Å². The van der Waals surface area contributed by atoms with E-state index in [-0.39, 0.29) is 24.4 Å². The van der Waals surface area contributed by atoms with Crippen LogP contribution in [0.5, 0.6) is 5.75 Å². The fourth-order valence-electron chi connectivity index (χ4n) is 3.43. The van der Waals surface area contributed by atoms with Gasteiger partial charge in [0.25, 0.3) is 0 Å². The van der Waals surface area contributed by atoms with Crippen molar-refractivity contribution < 1.29 is 37.7 Å². The van der Waals surface area contributed by atoms with Crippen LogP contribution < -0.4 is 4.74 Å². The van der Waals surface area contributed by atoms with Gasteiger partial charge >= 0.3 is 12.1 Å². The highest BCUT2D eigenvalue weighted by atomic mass is 35.5. The number of aliphatic hydroxyl groups excluding tert-OH is 1. The zero-order valence-electron chi connectivity index (χ0n) is 18.8. The van der Waals surface area contributed by atoms with Crippen LogP contribution in [0.4, 0.5) is 13.2 Å². The average molecular weight is 501 g/mol. The maximum absolute atomic E-state index is 13.2. The molecule has 0 heterocycles. The summed E-state index contributed by atoms with van der Waals surface area (Å²) in [5.74, 6) is -1.66. The van der Waals surface area contributed by atoms with Gasteiger partial charge in [0.1, 0.15) is 11.9 Å². The third-order valence-electron chi connectivity index (χ3n) is 5.38. The molecule has 0 aliphatic carbocycles. The first-order valence-electron chi connectivity index (χ1n) is 11.1. The molecule has 0 aromatic heterocycles. The Morgan fingerprint density at radius 2 is 1.71 bits per heavy atom. The smallest absolute Gasteiger partial charge is 0.417 e. The summed E-state index contributed by atoms with van der Waals surface area (Å²) in [5.41, 5.74) is 0.0694. The number of carbonyl (C=O) groups is 2. The quantitative estimate of drug-likeness (QED) is 0.232. The molecule has 5 nitrogen and oxygen atoms in total. The lowest BCUT2D eigenvalue weighted by molar-refractivity contribution is -0.146. The zero-order chi connectivity index (χ0) is 25.3. The fourth-order valence-corrected chi connectivity index (χ4v) is 3.65. The Bertz CT molecular complexity index is 960. The number of Topliss-reactive ketones (excluding diaryl/α,β-unsaturated/α-hetero) is 1. The second-order valence-electron chi connectivity index (χ2n) is 8.03. The highest BCUT2D eigenvalue weighted by Crippen LogP contribution is 2.38. The maximum Gasteiger partial charge on any atom is 0.417 e. The second-order valence-corrected chi connectivity index (χ2v) is 8.44. The predicted octanol–water partition coefficient (Wildman–Crippen LogP) is 6.86. The Balaban J connectivity index is 2.19. The van der Waals surface area contributed by atoms with E-state index in [1.165, 1.54) is 6.07 Å². The van der Waals surface area contributed by atoms with Crippen molar-refractivity contribution >= 4 is 23.4 Å². The Hall–Kier alpha value is -2.58. The molecular formula is C25H28ClF3O5. The number of unbranched alkanes of at least 4 members (excludes halogenated alkanes) is 3. The highest BCUT2D eigenvalue weighted by Gasteiger charge is 2.33. The van der Waals surface area contributed by atoms with Crippen molar-refractivity contribution in [3.05, 3.63) is 64.2 Å². The molecule has 2 aromatic rings. The number of hydrogen-bond acceptors (Lipinski definition) is 4. The lowest BCUT2D eigenvalue weighted by Crippen LogP contribution is -2.20. The van der Waals surface area contributed by atoms with E-state index in [9.17, 15) is 27.9 Å². The number of carbonyl (C=O) groups excluding carboxylic acids is 1. The van der Waals surface area contributed by atoms with Crippen LogP contribution in [0.15, 0.2) is 42.5 Å². The first-order valence-corrected chi connectivity index (χ1v) is 11.5. The molecule has 2 aromatic carbocycles. The van der Waals surface area contributed by atoms with E-state index < -0.39 is 34.9 Å². The van der Waals surface area contributed by atoms with Crippen molar-refractivity contribution in [2.24, 2.45) is 0 Å². The number of aliphatic hydroxyl groups is 1. The molecule has 9 heteroatoms. The molecule has 2 atom stereocenters. The molecule has 0 amide bonds. The van der Waals surface area contributed by atoms with E-state index in [4.69, 9.17) is 21.4 Å². The first-order chi connectivity index (χ1) is 16.0. The van der Waals surface area contributed by atoms with Crippen LogP contribution in [0, 0.1) is 0 Å². The molecule has 0 radical (unpaired) electrons. The van der Waals surface area contributed by atoms with Gasteiger partial charge in [-0.2, -0.15) is 13.2 Å². The zero-order valence-corrected chi connectivity index (χ0v) is 19.5. The van der Waals surface area contributed by atoms with Gasteiger partial charge in [0.05, 0.1) is 10.6 Å². The number of rotatable bonds is 13. The third kappa shape index (κ3) is 8.33. The Labute approximate surface area is 201 Å². The maximum atomic E-state index is 13.2. The Morgan fingerprint density at radius 1 is 1.03 bits per heavy atom. The average Bonchev–Trinajstić information content (AvgIpc) is 2.79. The molecule has 2 N–H and O–H groups in total. The standard InChI is InChI=1S/C25H28ClF3O5/c1-2-3-4-5-6-23(34-18-11-12-20(26)19(15-18)25(27,28)29)17-9-7-16(8-10-17)21(30)13-14-22(31)24(32)33/h7-12,15,22-23,31H,2-6,13-14H2,1H3,(H,32,33)/t22-,23?/m1/s1. The minimum Gasteiger partial charge on any atom is -0.486 e. The molecule has 0 saturated carbocycles. The number of ether oxygens (including phenoxy) is 1. The number of aliphatic carboxylic acids is 1. The summed E-state index contributed by atoms with van der Waals surface area (Å²) in [6.45, 7) is 2.07. The van der Waals surface area contributed by atoms with Crippen LogP contribution in [-0.4, -0.2) is 28.1 Å². The molecule has 2 rings (SSSR count). The van der Waals surface area contributed by atoms with Crippen molar-refractivity contribution in [1.82, 2.24) is 0 Å². The van der Waals surface area contributed by atoms with E-state index in [0.717, 1.165) is 37.8 Å². The predicted molar refractivity (Wildman–Crippen MR) is 122 cm³/mol. The monoisotopic (exact) mass is 500 g/mol. The van der Waals surface area contributed by atoms with Crippen molar-refractivity contribution in [3.63, 3.8) is 0 Å². The van der Waals surface area contributed by atoms with E-state index in [0.29, 0.717) is 17.5 Å². The SMILES string of the molecule is CCCCCCC(Oc1ccc(Cl)c(C(F)(F)F)c1)c1ccc(C(=O)CC[C@@H](O)C(=O)O)cc1. The van der Waals surface area contributed by atoms with E-state index >= 15 is 0 Å². The molecule has 0 saturated heterocycles. The minimum atomic E-state index is -4.61. The highest BCUT2D eigenvalue weighted by molar-refractivity contribution is 6.31. The normalized spacial score (nSPS) is 13.4. The summed E-state index contributed by atoms with van der Waals surface area (Å²) >= 11 is 5.71. The number of benzene rings is 2. The van der Waals surface area contributed by atoms with E-state index in [2.05, 4.69) is 6.92 Å². The molecule has 1 unspecified atom stereocenters. The summed E-state index contributed by atoms with van der Waals surface area (Å²) in [7, 11) is 0. The molecular weight excluding hydrogens is 473 g/mol. The number of alkyl halides is 3. The second kappa shape index (κ2) is 12.8. The van der Waals surface area contributed by atoms with E-state index in [1.54, 1.807) is 24.3 Å². The van der Waals surface area contributed by atoms with Crippen molar-refractivity contribution in [2.45, 2.75) is 70.3 Å². The van der Waals surface area contributed by atoms with Crippen LogP contribution in [0.3, 0.4) is 0 Å². The van der Waals surface area contributed by atoms with Gasteiger partial charge in [-0.15, -0.1) is 0 Å². The number of ketones is 1. The van der Waals surface area contributed by atoms with Gasteiger partial charge in [-0.3, -0.25) is 4.79 Å². The molecule has 0 aliphatic rings. The number of carboxylic acids is 1. The lowest BCUT2D eigenvalue weighted by Gasteiger charge is -2.21. The molecule has 0 bridgehead atoms. The van der Waals surface area contributed by atoms with Gasteiger partial charge in [0.15, 0.2) is 11.9 Å². The largest absolute Gasteiger partial charge is 0.486 e. The van der Waals surface area contributed by atoms with Gasteiger partial charge in [0, 0.05) is 12.0 Å². The van der Waals surface area contributed by atoms with Gasteiger partial charge in [-0.05, 0) is 43.0 Å². The van der Waals surface area contributed by atoms with Gasteiger partial charge in [0.2, 0.25) is 0 Å². The van der Waals surface area contributed by atoms with Crippen LogP contribution in [0.25, 0.3) is 0 Å². The minimum absolute atomic E-state index is 0.0417. The van der Waals surface area contributed by atoms with Gasteiger partial charge in [-0.25, -0.2) is 4.79 Å². The summed E-state index contributed by atoms with van der Waals surface area (Å²) < 4.78 is 45.6. The summed E-state index contributed by atoms with van der Waals surface area (Å²) in [4.78, 5) is 23.0.